The van der Waals surface area contributed by atoms with Crippen LogP contribution in [0.3, 0.4) is 0 Å². The molecule has 2 aromatic carbocycles. The zero-order valence-corrected chi connectivity index (χ0v) is 15.8. The van der Waals surface area contributed by atoms with Gasteiger partial charge in [0.25, 0.3) is 0 Å². The van der Waals surface area contributed by atoms with E-state index in [9.17, 15) is 9.59 Å². The van der Waals surface area contributed by atoms with E-state index in [1.807, 2.05) is 56.3 Å². The lowest BCUT2D eigenvalue weighted by atomic mass is 10.1. The van der Waals surface area contributed by atoms with Gasteiger partial charge >= 0.3 is 0 Å². The molecule has 2 aromatic rings. The van der Waals surface area contributed by atoms with Crippen molar-refractivity contribution >= 4 is 29.1 Å². The predicted molar refractivity (Wildman–Crippen MR) is 105 cm³/mol. The van der Waals surface area contributed by atoms with Gasteiger partial charge in [0.2, 0.25) is 11.8 Å². The van der Waals surface area contributed by atoms with Crippen molar-refractivity contribution in [3.63, 3.8) is 0 Å². The zero-order valence-electron chi connectivity index (χ0n) is 15.1. The molecule has 1 aliphatic heterocycles. The molecule has 1 atom stereocenters. The van der Waals surface area contributed by atoms with Crippen LogP contribution in [0, 0.1) is 19.8 Å². The number of hydrogen-bond acceptors (Lipinski definition) is 2. The molecule has 136 valence electrons. The molecule has 0 aliphatic carbocycles. The van der Waals surface area contributed by atoms with Crippen molar-refractivity contribution in [3.05, 3.63) is 64.2 Å². The highest BCUT2D eigenvalue weighted by atomic mass is 35.5. The maximum absolute atomic E-state index is 12.4. The molecule has 1 saturated heterocycles. The maximum Gasteiger partial charge on any atom is 0.227 e. The fourth-order valence-electron chi connectivity index (χ4n) is 3.15. The third kappa shape index (κ3) is 4.25. The maximum atomic E-state index is 12.4. The van der Waals surface area contributed by atoms with Gasteiger partial charge in [-0.2, -0.15) is 0 Å². The molecule has 1 N–H and O–H groups in total. The molecule has 26 heavy (non-hydrogen) atoms. The van der Waals surface area contributed by atoms with E-state index in [2.05, 4.69) is 5.32 Å². The highest BCUT2D eigenvalue weighted by Gasteiger charge is 2.35. The summed E-state index contributed by atoms with van der Waals surface area (Å²) in [5, 5.41) is 3.65. The summed E-state index contributed by atoms with van der Waals surface area (Å²) in [6.45, 7) is 5.06. The average Bonchev–Trinajstić information content (AvgIpc) is 3.01. The fraction of sp³-hybridized carbons (Fsp3) is 0.333. The summed E-state index contributed by atoms with van der Waals surface area (Å²) in [5.74, 6) is -0.348. The van der Waals surface area contributed by atoms with E-state index in [0.29, 0.717) is 18.1 Å². The molecular weight excluding hydrogens is 348 g/mol. The number of amides is 2. The Labute approximate surface area is 159 Å². The second kappa shape index (κ2) is 7.92. The number of aryl methyl sites for hydroxylation is 2. The summed E-state index contributed by atoms with van der Waals surface area (Å²) in [4.78, 5) is 26.5. The number of nitrogens with one attached hydrogen (secondary N) is 1. The highest BCUT2D eigenvalue weighted by Crippen LogP contribution is 2.26. The largest absolute Gasteiger partial charge is 0.355 e. The van der Waals surface area contributed by atoms with Gasteiger partial charge in [0, 0.05) is 30.2 Å². The SMILES string of the molecule is Cc1ccc(N2CC(C(=O)NCCc3ccc(Cl)cc3)CC2=O)cc1C. The summed E-state index contributed by atoms with van der Waals surface area (Å²) in [5.41, 5.74) is 4.33. The van der Waals surface area contributed by atoms with E-state index in [4.69, 9.17) is 11.6 Å². The molecule has 1 fully saturated rings. The zero-order chi connectivity index (χ0) is 18.7. The van der Waals surface area contributed by atoms with Crippen molar-refractivity contribution in [2.45, 2.75) is 26.7 Å². The molecule has 4 nitrogen and oxygen atoms in total. The molecule has 2 amide bonds. The fourth-order valence-corrected chi connectivity index (χ4v) is 3.28. The monoisotopic (exact) mass is 370 g/mol. The highest BCUT2D eigenvalue weighted by molar-refractivity contribution is 6.30. The van der Waals surface area contributed by atoms with Crippen molar-refractivity contribution in [2.75, 3.05) is 18.0 Å². The van der Waals surface area contributed by atoms with Crippen LogP contribution in [-0.4, -0.2) is 24.9 Å². The smallest absolute Gasteiger partial charge is 0.227 e. The van der Waals surface area contributed by atoms with Gasteiger partial charge in [0.1, 0.15) is 0 Å². The molecule has 0 spiro atoms. The van der Waals surface area contributed by atoms with Gasteiger partial charge in [-0.05, 0) is 61.2 Å². The van der Waals surface area contributed by atoms with Crippen LogP contribution in [-0.2, 0) is 16.0 Å². The molecule has 0 radical (unpaired) electrons. The minimum Gasteiger partial charge on any atom is -0.355 e. The number of rotatable bonds is 5. The van der Waals surface area contributed by atoms with Crippen molar-refractivity contribution in [1.82, 2.24) is 5.32 Å². The van der Waals surface area contributed by atoms with E-state index >= 15 is 0 Å². The minimum absolute atomic E-state index is 0.00565. The molecule has 1 unspecified atom stereocenters. The quantitative estimate of drug-likeness (QED) is 0.873. The third-order valence-corrected chi connectivity index (χ3v) is 5.18. The predicted octanol–water partition coefficient (Wildman–Crippen LogP) is 3.67. The third-order valence-electron chi connectivity index (χ3n) is 4.92. The second-order valence-electron chi connectivity index (χ2n) is 6.84. The van der Waals surface area contributed by atoms with Crippen LogP contribution in [0.1, 0.15) is 23.1 Å². The van der Waals surface area contributed by atoms with Gasteiger partial charge in [-0.3, -0.25) is 9.59 Å². The Bertz CT molecular complexity index is 817. The molecule has 5 heteroatoms. The second-order valence-corrected chi connectivity index (χ2v) is 7.28. The average molecular weight is 371 g/mol. The first-order chi connectivity index (χ1) is 12.4. The van der Waals surface area contributed by atoms with Crippen molar-refractivity contribution in [2.24, 2.45) is 5.92 Å². The van der Waals surface area contributed by atoms with Gasteiger partial charge in [-0.15, -0.1) is 0 Å². The number of anilines is 1. The van der Waals surface area contributed by atoms with Gasteiger partial charge in [-0.1, -0.05) is 29.8 Å². The Hall–Kier alpha value is -2.33. The number of halogens is 1. The molecule has 3 rings (SSSR count). The Balaban J connectivity index is 1.54. The Kier molecular flexibility index (Phi) is 5.62. The van der Waals surface area contributed by atoms with Crippen LogP contribution in [0.5, 0.6) is 0 Å². The van der Waals surface area contributed by atoms with Crippen LogP contribution in [0.2, 0.25) is 5.02 Å². The molecule has 0 aromatic heterocycles. The molecule has 0 saturated carbocycles. The lowest BCUT2D eigenvalue weighted by Crippen LogP contribution is -2.34. The lowest BCUT2D eigenvalue weighted by molar-refractivity contribution is -0.126. The van der Waals surface area contributed by atoms with Crippen LogP contribution < -0.4 is 10.2 Å². The van der Waals surface area contributed by atoms with Crippen LogP contribution in [0.4, 0.5) is 5.69 Å². The molecular formula is C21H23ClN2O2. The van der Waals surface area contributed by atoms with Crippen LogP contribution in [0.25, 0.3) is 0 Å². The van der Waals surface area contributed by atoms with E-state index in [1.54, 1.807) is 4.90 Å². The Morgan fingerprint density at radius 2 is 1.88 bits per heavy atom. The summed E-state index contributed by atoms with van der Waals surface area (Å²) < 4.78 is 0. The summed E-state index contributed by atoms with van der Waals surface area (Å²) in [6, 6.07) is 13.6. The number of carbonyl (C=O) groups is 2. The van der Waals surface area contributed by atoms with E-state index < -0.39 is 0 Å². The molecule has 0 bridgehead atoms. The summed E-state index contributed by atoms with van der Waals surface area (Å²) in [6.07, 6.45) is 1.00. The van der Waals surface area contributed by atoms with E-state index in [0.717, 1.165) is 23.2 Å². The number of nitrogens with zero attached hydrogens (tertiary/aromatic N) is 1. The first-order valence-electron chi connectivity index (χ1n) is 8.84. The Morgan fingerprint density at radius 1 is 1.15 bits per heavy atom. The number of carbonyl (C=O) groups excluding carboxylic acids is 2. The van der Waals surface area contributed by atoms with E-state index in [1.165, 1.54) is 5.56 Å². The minimum atomic E-state index is -0.297. The lowest BCUT2D eigenvalue weighted by Gasteiger charge is -2.18. The topological polar surface area (TPSA) is 49.4 Å². The standard InChI is InChI=1S/C21H23ClN2O2/c1-14-3-8-19(11-15(14)2)24-13-17(12-20(24)25)21(26)23-10-9-16-4-6-18(22)7-5-16/h3-8,11,17H,9-10,12-13H2,1-2H3,(H,23,26). The van der Waals surface area contributed by atoms with Gasteiger partial charge < -0.3 is 10.2 Å². The van der Waals surface area contributed by atoms with Gasteiger partial charge in [-0.25, -0.2) is 0 Å². The van der Waals surface area contributed by atoms with Crippen LogP contribution in [0.15, 0.2) is 42.5 Å². The number of hydrogen-bond donors (Lipinski definition) is 1. The number of benzene rings is 2. The van der Waals surface area contributed by atoms with Crippen molar-refractivity contribution in [1.29, 1.82) is 0 Å². The summed E-state index contributed by atoms with van der Waals surface area (Å²) in [7, 11) is 0. The normalized spacial score (nSPS) is 16.8. The van der Waals surface area contributed by atoms with E-state index in [-0.39, 0.29) is 24.2 Å². The first-order valence-corrected chi connectivity index (χ1v) is 9.21. The van der Waals surface area contributed by atoms with Gasteiger partial charge in [0.15, 0.2) is 0 Å². The van der Waals surface area contributed by atoms with Crippen LogP contribution >= 0.6 is 11.6 Å². The Morgan fingerprint density at radius 3 is 2.58 bits per heavy atom. The first kappa shape index (κ1) is 18.5. The summed E-state index contributed by atoms with van der Waals surface area (Å²) >= 11 is 5.87. The molecule has 1 heterocycles. The molecule has 1 aliphatic rings. The van der Waals surface area contributed by atoms with Crippen molar-refractivity contribution < 1.29 is 9.59 Å². The van der Waals surface area contributed by atoms with Crippen molar-refractivity contribution in [3.8, 4) is 0 Å². The van der Waals surface area contributed by atoms with Gasteiger partial charge in [0.05, 0.1) is 5.92 Å².